The van der Waals surface area contributed by atoms with E-state index in [1.165, 1.54) is 12.1 Å². The van der Waals surface area contributed by atoms with Crippen molar-refractivity contribution in [2.45, 2.75) is 39.4 Å². The van der Waals surface area contributed by atoms with Crippen LogP contribution in [0.5, 0.6) is 0 Å². The Bertz CT molecular complexity index is 670. The van der Waals surface area contributed by atoms with Crippen LogP contribution >= 0.6 is 0 Å². The van der Waals surface area contributed by atoms with Gasteiger partial charge in [0.15, 0.2) is 0 Å². The van der Waals surface area contributed by atoms with Crippen LogP contribution in [-0.2, 0) is 6.61 Å². The summed E-state index contributed by atoms with van der Waals surface area (Å²) in [5.74, 6) is -0.178. The fourth-order valence-electron chi connectivity index (χ4n) is 2.31. The molecule has 0 heterocycles. The van der Waals surface area contributed by atoms with Crippen molar-refractivity contribution in [2.24, 2.45) is 0 Å². The molecule has 148 valence electrons. The average molecular weight is 375 g/mol. The van der Waals surface area contributed by atoms with Gasteiger partial charge in [0, 0.05) is 0 Å². The summed E-state index contributed by atoms with van der Waals surface area (Å²) >= 11 is 0. The summed E-state index contributed by atoms with van der Waals surface area (Å²) in [5, 5.41) is 28.2. The van der Waals surface area contributed by atoms with Gasteiger partial charge in [-0.2, -0.15) is 5.26 Å². The van der Waals surface area contributed by atoms with Crippen LogP contribution in [0.15, 0.2) is 48.5 Å². The van der Waals surface area contributed by atoms with Crippen molar-refractivity contribution in [1.82, 2.24) is 4.90 Å². The number of hydrogen-bond acceptors (Lipinski definition) is 4. The van der Waals surface area contributed by atoms with Gasteiger partial charge in [-0.25, -0.2) is 4.39 Å². The Balaban J connectivity index is 0.000000621. The van der Waals surface area contributed by atoms with E-state index in [2.05, 4.69) is 4.90 Å². The maximum absolute atomic E-state index is 11.9. The molecule has 5 heteroatoms. The molecule has 0 aromatic heterocycles. The minimum absolute atomic E-state index is 0.157. The number of rotatable bonds is 6. The van der Waals surface area contributed by atoms with Crippen molar-refractivity contribution in [3.63, 3.8) is 0 Å². The topological polar surface area (TPSA) is 67.5 Å². The van der Waals surface area contributed by atoms with E-state index in [0.29, 0.717) is 17.5 Å². The molecule has 0 saturated heterocycles. The molecular formula is C22H31FN2O2. The Hall–Kier alpha value is -2.26. The number of halogens is 1. The van der Waals surface area contributed by atoms with Crippen LogP contribution in [0.4, 0.5) is 4.39 Å². The first-order valence-corrected chi connectivity index (χ1v) is 9.15. The summed E-state index contributed by atoms with van der Waals surface area (Å²) in [6.45, 7) is 4.76. The van der Waals surface area contributed by atoms with Gasteiger partial charge in [0.05, 0.1) is 24.3 Å². The van der Waals surface area contributed by atoms with Crippen LogP contribution in [0.1, 0.15) is 49.5 Å². The van der Waals surface area contributed by atoms with E-state index in [4.69, 9.17) is 5.26 Å². The normalized spacial score (nSPS) is 10.8. The summed E-state index contributed by atoms with van der Waals surface area (Å²) in [6.07, 6.45) is 0.954. The maximum Gasteiger partial charge on any atom is 0.123 e. The number of nitriles is 1. The predicted octanol–water partition coefficient (Wildman–Crippen LogP) is 4.28. The molecule has 0 aliphatic rings. The molecule has 0 bridgehead atoms. The lowest BCUT2D eigenvalue weighted by Crippen LogP contribution is -2.14. The van der Waals surface area contributed by atoms with E-state index < -0.39 is 6.10 Å². The second-order valence-electron chi connectivity index (χ2n) is 5.94. The summed E-state index contributed by atoms with van der Waals surface area (Å²) in [5.41, 5.74) is 1.85. The van der Waals surface area contributed by atoms with Crippen molar-refractivity contribution < 1.29 is 14.6 Å². The van der Waals surface area contributed by atoms with Crippen molar-refractivity contribution in [1.29, 1.82) is 5.26 Å². The molecule has 1 atom stereocenters. The standard InChI is InChI=1S/C14H20N2O2.C6H5F.C2H6/c1-16(2)7-3-4-14(18)13-6-5-11(9-15)8-12(13)10-17;7-6-4-2-1-3-5-6;1-2/h5-6,8,14,17-18H,3-4,7,10H2,1-2H3;1-5H;1-2H3. The van der Waals surface area contributed by atoms with Crippen LogP contribution < -0.4 is 0 Å². The van der Waals surface area contributed by atoms with E-state index in [9.17, 15) is 14.6 Å². The lowest BCUT2D eigenvalue weighted by molar-refractivity contribution is 0.156. The van der Waals surface area contributed by atoms with Crippen LogP contribution in [0, 0.1) is 17.1 Å². The summed E-state index contributed by atoms with van der Waals surface area (Å²) < 4.78 is 11.9. The minimum atomic E-state index is -0.583. The third-order valence-electron chi connectivity index (χ3n) is 3.62. The highest BCUT2D eigenvalue weighted by molar-refractivity contribution is 5.38. The molecule has 2 aromatic carbocycles. The zero-order valence-electron chi connectivity index (χ0n) is 16.7. The van der Waals surface area contributed by atoms with Gasteiger partial charge in [-0.15, -0.1) is 0 Å². The molecule has 27 heavy (non-hydrogen) atoms. The van der Waals surface area contributed by atoms with Crippen molar-refractivity contribution in [3.8, 4) is 6.07 Å². The highest BCUT2D eigenvalue weighted by Gasteiger charge is 2.12. The SMILES string of the molecule is CC.CN(C)CCCC(O)c1ccc(C#N)cc1CO.Fc1ccccc1. The minimum Gasteiger partial charge on any atom is -0.392 e. The molecule has 0 amide bonds. The second kappa shape index (κ2) is 14.9. The van der Waals surface area contributed by atoms with Crippen LogP contribution in [-0.4, -0.2) is 35.8 Å². The van der Waals surface area contributed by atoms with Gasteiger partial charge in [0.2, 0.25) is 0 Å². The highest BCUT2D eigenvalue weighted by Crippen LogP contribution is 2.23. The third-order valence-corrected chi connectivity index (χ3v) is 3.62. The van der Waals surface area contributed by atoms with Gasteiger partial charge in [-0.1, -0.05) is 38.1 Å². The van der Waals surface area contributed by atoms with Gasteiger partial charge < -0.3 is 15.1 Å². The van der Waals surface area contributed by atoms with Crippen LogP contribution in [0.3, 0.4) is 0 Å². The Kier molecular flexibility index (Phi) is 13.6. The highest BCUT2D eigenvalue weighted by atomic mass is 19.1. The number of nitrogens with zero attached hydrogens (tertiary/aromatic N) is 2. The van der Waals surface area contributed by atoms with Gasteiger partial charge >= 0.3 is 0 Å². The molecule has 1 unspecified atom stereocenters. The van der Waals surface area contributed by atoms with E-state index in [0.717, 1.165) is 18.5 Å². The first-order chi connectivity index (χ1) is 13.0. The van der Waals surface area contributed by atoms with Crippen molar-refractivity contribution in [2.75, 3.05) is 20.6 Å². The third kappa shape index (κ3) is 10.5. The van der Waals surface area contributed by atoms with Gasteiger partial charge in [-0.3, -0.25) is 0 Å². The van der Waals surface area contributed by atoms with Gasteiger partial charge in [-0.05, 0) is 68.9 Å². The Morgan fingerprint density at radius 3 is 2.19 bits per heavy atom. The molecule has 4 nitrogen and oxygen atoms in total. The maximum atomic E-state index is 11.9. The summed E-state index contributed by atoms with van der Waals surface area (Å²) in [7, 11) is 3.99. The number of benzene rings is 2. The predicted molar refractivity (Wildman–Crippen MR) is 108 cm³/mol. The molecule has 0 fully saturated rings. The van der Waals surface area contributed by atoms with E-state index in [-0.39, 0.29) is 12.4 Å². The number of aliphatic hydroxyl groups excluding tert-OH is 2. The second-order valence-corrected chi connectivity index (χ2v) is 5.94. The fraction of sp³-hybridized carbons (Fsp3) is 0.409. The molecule has 0 radical (unpaired) electrons. The zero-order valence-corrected chi connectivity index (χ0v) is 16.7. The monoisotopic (exact) mass is 374 g/mol. The Labute approximate surface area is 162 Å². The molecule has 2 aromatic rings. The van der Waals surface area contributed by atoms with Gasteiger partial charge in [0.1, 0.15) is 5.82 Å². The molecule has 0 spiro atoms. The van der Waals surface area contributed by atoms with Gasteiger partial charge in [0.25, 0.3) is 0 Å². The van der Waals surface area contributed by atoms with E-state index in [1.807, 2.05) is 34.0 Å². The largest absolute Gasteiger partial charge is 0.392 e. The Morgan fingerprint density at radius 2 is 1.74 bits per heavy atom. The zero-order chi connectivity index (χ0) is 20.7. The number of aliphatic hydroxyl groups is 2. The molecule has 2 N–H and O–H groups in total. The van der Waals surface area contributed by atoms with E-state index >= 15 is 0 Å². The smallest absolute Gasteiger partial charge is 0.123 e. The molecular weight excluding hydrogens is 343 g/mol. The molecule has 0 saturated carbocycles. The van der Waals surface area contributed by atoms with Crippen molar-refractivity contribution >= 4 is 0 Å². The molecule has 0 aliphatic carbocycles. The van der Waals surface area contributed by atoms with E-state index in [1.54, 1.807) is 36.4 Å². The number of hydrogen-bond donors (Lipinski definition) is 2. The molecule has 2 rings (SSSR count). The first kappa shape index (κ1) is 24.7. The lowest BCUT2D eigenvalue weighted by atomic mass is 9.97. The fourth-order valence-corrected chi connectivity index (χ4v) is 2.31. The summed E-state index contributed by atoms with van der Waals surface area (Å²) in [6, 6.07) is 15.0. The Morgan fingerprint density at radius 1 is 1.11 bits per heavy atom. The van der Waals surface area contributed by atoms with Crippen molar-refractivity contribution in [3.05, 3.63) is 71.0 Å². The summed E-state index contributed by atoms with van der Waals surface area (Å²) in [4.78, 5) is 2.07. The molecule has 0 aliphatic heterocycles. The van der Waals surface area contributed by atoms with Crippen LogP contribution in [0.25, 0.3) is 0 Å². The average Bonchev–Trinajstić information content (AvgIpc) is 2.69. The van der Waals surface area contributed by atoms with Crippen LogP contribution in [0.2, 0.25) is 0 Å². The quantitative estimate of drug-likeness (QED) is 0.792. The lowest BCUT2D eigenvalue weighted by Gasteiger charge is -2.16. The first-order valence-electron chi connectivity index (χ1n) is 9.15.